The second-order valence-corrected chi connectivity index (χ2v) is 2.54. The van der Waals surface area contributed by atoms with E-state index in [-0.39, 0.29) is 0 Å². The zero-order valence-corrected chi connectivity index (χ0v) is 6.62. The Bertz CT molecular complexity index is 196. The second-order valence-electron chi connectivity index (χ2n) is 2.54. The largest absolute Gasteiger partial charge is 0.379 e. The monoisotopic (exact) mass is 151 g/mol. The molecule has 0 spiro atoms. The molecule has 0 bridgehead atoms. The minimum absolute atomic E-state index is 0.435. The minimum atomic E-state index is -0.435. The fourth-order valence-corrected chi connectivity index (χ4v) is 0.861. The van der Waals surface area contributed by atoms with Gasteiger partial charge in [-0.05, 0) is 12.5 Å². The quantitative estimate of drug-likeness (QED) is 0.634. The van der Waals surface area contributed by atoms with Crippen LogP contribution < -0.4 is 5.32 Å². The van der Waals surface area contributed by atoms with E-state index < -0.39 is 6.23 Å². The van der Waals surface area contributed by atoms with Gasteiger partial charge in [-0.2, -0.15) is 0 Å². The lowest BCUT2D eigenvalue weighted by atomic mass is 10.2. The molecule has 0 saturated heterocycles. The molecule has 60 valence electrons. The molecule has 0 heterocycles. The Hall–Kier alpha value is -0.860. The van der Waals surface area contributed by atoms with Crippen molar-refractivity contribution in [3.63, 3.8) is 0 Å². The summed E-state index contributed by atoms with van der Waals surface area (Å²) < 4.78 is 0. The lowest BCUT2D eigenvalue weighted by Crippen LogP contribution is -2.24. The number of nitrogens with one attached hydrogen (secondary N) is 1. The Morgan fingerprint density at radius 3 is 2.55 bits per heavy atom. The number of hydrogen-bond donors (Lipinski definition) is 2. The highest BCUT2D eigenvalue weighted by Crippen LogP contribution is 1.96. The molecule has 1 aromatic carbocycles. The topological polar surface area (TPSA) is 32.3 Å². The first-order chi connectivity index (χ1) is 5.29. The number of aliphatic hydroxyl groups is 1. The molecule has 0 unspecified atom stereocenters. The maximum atomic E-state index is 8.90. The number of hydrogen-bond acceptors (Lipinski definition) is 2. The maximum Gasteiger partial charge on any atom is 0.102 e. The Kier molecular flexibility index (Phi) is 3.08. The van der Waals surface area contributed by atoms with E-state index in [9.17, 15) is 0 Å². The van der Waals surface area contributed by atoms with Gasteiger partial charge in [0.1, 0.15) is 6.23 Å². The van der Waals surface area contributed by atoms with Crippen molar-refractivity contribution in [3.8, 4) is 0 Å². The van der Waals surface area contributed by atoms with Crippen LogP contribution in [0.3, 0.4) is 0 Å². The van der Waals surface area contributed by atoms with Crippen LogP contribution in [0.15, 0.2) is 30.3 Å². The first-order valence-electron chi connectivity index (χ1n) is 3.74. The molecular weight excluding hydrogens is 138 g/mol. The zero-order chi connectivity index (χ0) is 8.10. The second kappa shape index (κ2) is 4.11. The summed E-state index contributed by atoms with van der Waals surface area (Å²) in [4.78, 5) is 0. The summed E-state index contributed by atoms with van der Waals surface area (Å²) in [5.41, 5.74) is 1.19. The van der Waals surface area contributed by atoms with Crippen LogP contribution in [0.1, 0.15) is 12.5 Å². The molecular formula is C9H13NO. The summed E-state index contributed by atoms with van der Waals surface area (Å²) >= 11 is 0. The smallest absolute Gasteiger partial charge is 0.102 e. The fourth-order valence-electron chi connectivity index (χ4n) is 0.861. The molecule has 0 aliphatic rings. The van der Waals surface area contributed by atoms with Crippen LogP contribution in [0.2, 0.25) is 0 Å². The molecule has 0 saturated carbocycles. The summed E-state index contributed by atoms with van der Waals surface area (Å²) in [7, 11) is 0. The highest BCUT2D eigenvalue weighted by Gasteiger charge is 1.93. The van der Waals surface area contributed by atoms with E-state index in [1.54, 1.807) is 6.92 Å². The molecule has 0 radical (unpaired) electrons. The summed E-state index contributed by atoms with van der Waals surface area (Å²) in [6.45, 7) is 2.43. The maximum absolute atomic E-state index is 8.90. The number of benzene rings is 1. The van der Waals surface area contributed by atoms with E-state index in [0.717, 1.165) is 6.54 Å². The van der Waals surface area contributed by atoms with Crippen LogP contribution in [-0.4, -0.2) is 11.3 Å². The Morgan fingerprint density at radius 1 is 1.36 bits per heavy atom. The van der Waals surface area contributed by atoms with E-state index >= 15 is 0 Å². The van der Waals surface area contributed by atoms with Crippen LogP contribution in [0.25, 0.3) is 0 Å². The van der Waals surface area contributed by atoms with E-state index in [1.807, 2.05) is 30.3 Å². The summed E-state index contributed by atoms with van der Waals surface area (Å²) in [6, 6.07) is 9.99. The molecule has 1 rings (SSSR count). The number of aliphatic hydroxyl groups excluding tert-OH is 1. The standard InChI is InChI=1S/C9H13NO/c1-8(11)10-7-9-5-3-2-4-6-9/h2-6,8,10-11H,7H2,1H3/t8-/m0/s1. The van der Waals surface area contributed by atoms with Gasteiger partial charge in [0.05, 0.1) is 0 Å². The first kappa shape index (κ1) is 8.24. The average Bonchev–Trinajstić information content (AvgIpc) is 2.03. The molecule has 0 aliphatic heterocycles. The van der Waals surface area contributed by atoms with Crippen molar-refractivity contribution < 1.29 is 5.11 Å². The Morgan fingerprint density at radius 2 is 2.00 bits per heavy atom. The van der Waals surface area contributed by atoms with Crippen molar-refractivity contribution in [1.82, 2.24) is 5.32 Å². The van der Waals surface area contributed by atoms with Crippen molar-refractivity contribution in [3.05, 3.63) is 35.9 Å². The Labute approximate surface area is 66.9 Å². The molecule has 0 aromatic heterocycles. The highest BCUT2D eigenvalue weighted by atomic mass is 16.3. The molecule has 1 aromatic rings. The van der Waals surface area contributed by atoms with Gasteiger partial charge in [0.15, 0.2) is 0 Å². The van der Waals surface area contributed by atoms with Gasteiger partial charge < -0.3 is 5.11 Å². The van der Waals surface area contributed by atoms with Gasteiger partial charge in [-0.1, -0.05) is 30.3 Å². The van der Waals surface area contributed by atoms with E-state index in [0.29, 0.717) is 0 Å². The van der Waals surface area contributed by atoms with Gasteiger partial charge in [-0.25, -0.2) is 0 Å². The molecule has 0 amide bonds. The van der Waals surface area contributed by atoms with Gasteiger partial charge in [0, 0.05) is 6.54 Å². The van der Waals surface area contributed by atoms with Crippen molar-refractivity contribution >= 4 is 0 Å². The van der Waals surface area contributed by atoms with Crippen LogP contribution >= 0.6 is 0 Å². The molecule has 11 heavy (non-hydrogen) atoms. The van der Waals surface area contributed by atoms with E-state index in [4.69, 9.17) is 5.11 Å². The molecule has 2 nitrogen and oxygen atoms in total. The third-order valence-corrected chi connectivity index (χ3v) is 1.44. The van der Waals surface area contributed by atoms with Crippen molar-refractivity contribution in [1.29, 1.82) is 0 Å². The van der Waals surface area contributed by atoms with Gasteiger partial charge in [0.25, 0.3) is 0 Å². The summed E-state index contributed by atoms with van der Waals surface area (Å²) in [5, 5.41) is 11.8. The van der Waals surface area contributed by atoms with E-state index in [2.05, 4.69) is 5.32 Å². The van der Waals surface area contributed by atoms with Crippen molar-refractivity contribution in [2.45, 2.75) is 19.7 Å². The predicted octanol–water partition coefficient (Wildman–Crippen LogP) is 1.11. The SMILES string of the molecule is C[C@H](O)NCc1ccccc1. The predicted molar refractivity (Wildman–Crippen MR) is 45.0 cm³/mol. The molecule has 0 fully saturated rings. The summed E-state index contributed by atoms with van der Waals surface area (Å²) in [6.07, 6.45) is -0.435. The molecule has 1 atom stereocenters. The number of rotatable bonds is 3. The normalized spacial score (nSPS) is 12.9. The van der Waals surface area contributed by atoms with Crippen LogP contribution in [-0.2, 0) is 6.54 Å². The van der Waals surface area contributed by atoms with Crippen LogP contribution in [0, 0.1) is 0 Å². The minimum Gasteiger partial charge on any atom is -0.379 e. The highest BCUT2D eigenvalue weighted by molar-refractivity contribution is 5.14. The lowest BCUT2D eigenvalue weighted by Gasteiger charge is -2.06. The fraction of sp³-hybridized carbons (Fsp3) is 0.333. The summed E-state index contributed by atoms with van der Waals surface area (Å²) in [5.74, 6) is 0. The van der Waals surface area contributed by atoms with Gasteiger partial charge in [-0.3, -0.25) is 5.32 Å². The van der Waals surface area contributed by atoms with Gasteiger partial charge >= 0.3 is 0 Å². The first-order valence-corrected chi connectivity index (χ1v) is 3.74. The third kappa shape index (κ3) is 3.16. The van der Waals surface area contributed by atoms with Gasteiger partial charge in [-0.15, -0.1) is 0 Å². The lowest BCUT2D eigenvalue weighted by molar-refractivity contribution is 0.155. The van der Waals surface area contributed by atoms with Crippen LogP contribution in [0.4, 0.5) is 0 Å². The Balaban J connectivity index is 2.39. The van der Waals surface area contributed by atoms with Gasteiger partial charge in [0.2, 0.25) is 0 Å². The molecule has 0 aliphatic carbocycles. The average molecular weight is 151 g/mol. The third-order valence-electron chi connectivity index (χ3n) is 1.44. The van der Waals surface area contributed by atoms with E-state index in [1.165, 1.54) is 5.56 Å². The van der Waals surface area contributed by atoms with Crippen LogP contribution in [0.5, 0.6) is 0 Å². The van der Waals surface area contributed by atoms with Crippen molar-refractivity contribution in [2.75, 3.05) is 0 Å². The molecule has 2 N–H and O–H groups in total. The zero-order valence-electron chi connectivity index (χ0n) is 6.62. The molecule has 2 heteroatoms. The van der Waals surface area contributed by atoms with Crippen molar-refractivity contribution in [2.24, 2.45) is 0 Å².